The van der Waals surface area contributed by atoms with Gasteiger partial charge in [-0.2, -0.15) is 4.98 Å². The van der Waals surface area contributed by atoms with Crippen LogP contribution in [0.25, 0.3) is 0 Å². The number of nitrogens with zero attached hydrogens (tertiary/aromatic N) is 2. The van der Waals surface area contributed by atoms with Crippen molar-refractivity contribution in [3.8, 4) is 0 Å². The Bertz CT molecular complexity index is 442. The van der Waals surface area contributed by atoms with Crippen LogP contribution in [0.4, 0.5) is 0 Å². The van der Waals surface area contributed by atoms with Crippen molar-refractivity contribution in [1.82, 2.24) is 10.1 Å². The molecule has 2 rings (SSSR count). The van der Waals surface area contributed by atoms with E-state index in [1.54, 1.807) is 7.11 Å². The lowest BCUT2D eigenvalue weighted by atomic mass is 10.1. The summed E-state index contributed by atoms with van der Waals surface area (Å²) in [5.74, 6) is 0.905. The van der Waals surface area contributed by atoms with E-state index in [4.69, 9.17) is 15.0 Å². The van der Waals surface area contributed by atoms with Crippen LogP contribution in [0.15, 0.2) is 34.9 Å². The van der Waals surface area contributed by atoms with Crippen LogP contribution < -0.4 is 5.73 Å². The highest BCUT2D eigenvalue weighted by molar-refractivity contribution is 5.22. The van der Waals surface area contributed by atoms with E-state index in [0.717, 1.165) is 5.56 Å². The molecule has 16 heavy (non-hydrogen) atoms. The highest BCUT2D eigenvalue weighted by Crippen LogP contribution is 2.22. The Hall–Kier alpha value is -1.72. The van der Waals surface area contributed by atoms with Crippen LogP contribution in [-0.4, -0.2) is 17.3 Å². The molecule has 0 aliphatic heterocycles. The maximum Gasteiger partial charge on any atom is 0.240 e. The Labute approximate surface area is 93.2 Å². The SMILES string of the molecule is CO[C@H](c1ccccc1)c1noc(CN)n1. The van der Waals surface area contributed by atoms with Crippen molar-refractivity contribution in [2.45, 2.75) is 12.6 Å². The van der Waals surface area contributed by atoms with E-state index >= 15 is 0 Å². The van der Waals surface area contributed by atoms with Crippen molar-refractivity contribution < 1.29 is 9.26 Å². The van der Waals surface area contributed by atoms with Gasteiger partial charge in [0.25, 0.3) is 0 Å². The van der Waals surface area contributed by atoms with Crippen molar-refractivity contribution in [1.29, 1.82) is 0 Å². The Morgan fingerprint density at radius 1 is 1.38 bits per heavy atom. The Balaban J connectivity index is 2.29. The Morgan fingerprint density at radius 2 is 2.12 bits per heavy atom. The summed E-state index contributed by atoms with van der Waals surface area (Å²) in [5, 5.41) is 3.84. The summed E-state index contributed by atoms with van der Waals surface area (Å²) < 4.78 is 10.3. The predicted molar refractivity (Wildman–Crippen MR) is 57.5 cm³/mol. The highest BCUT2D eigenvalue weighted by Gasteiger charge is 2.19. The van der Waals surface area contributed by atoms with Crippen molar-refractivity contribution in [2.24, 2.45) is 5.73 Å². The summed E-state index contributed by atoms with van der Waals surface area (Å²) in [6.45, 7) is 0.234. The monoisotopic (exact) mass is 219 g/mol. The first-order valence-electron chi connectivity index (χ1n) is 4.95. The van der Waals surface area contributed by atoms with Gasteiger partial charge >= 0.3 is 0 Å². The molecule has 1 heterocycles. The molecular weight excluding hydrogens is 206 g/mol. The molecule has 0 unspecified atom stereocenters. The van der Waals surface area contributed by atoms with E-state index in [1.165, 1.54) is 0 Å². The predicted octanol–water partition coefficient (Wildman–Crippen LogP) is 1.26. The average Bonchev–Trinajstić information content (AvgIpc) is 2.80. The summed E-state index contributed by atoms with van der Waals surface area (Å²) in [6, 6.07) is 9.72. The fourth-order valence-electron chi connectivity index (χ4n) is 1.48. The average molecular weight is 219 g/mol. The molecule has 2 N–H and O–H groups in total. The van der Waals surface area contributed by atoms with Crippen LogP contribution in [-0.2, 0) is 11.3 Å². The zero-order valence-corrected chi connectivity index (χ0v) is 8.96. The van der Waals surface area contributed by atoms with Crippen LogP contribution in [0, 0.1) is 0 Å². The number of benzene rings is 1. The molecule has 1 aromatic carbocycles. The van der Waals surface area contributed by atoms with Gasteiger partial charge in [-0.15, -0.1) is 0 Å². The second kappa shape index (κ2) is 4.87. The second-order valence-electron chi connectivity index (χ2n) is 3.28. The van der Waals surface area contributed by atoms with E-state index in [1.807, 2.05) is 30.3 Å². The molecule has 0 aliphatic carbocycles. The molecule has 5 heteroatoms. The molecule has 2 aromatic rings. The lowest BCUT2D eigenvalue weighted by Gasteiger charge is -2.10. The summed E-state index contributed by atoms with van der Waals surface area (Å²) in [5.41, 5.74) is 6.39. The third kappa shape index (κ3) is 2.10. The van der Waals surface area contributed by atoms with E-state index in [-0.39, 0.29) is 12.6 Å². The third-order valence-corrected chi connectivity index (χ3v) is 2.23. The molecule has 1 atom stereocenters. The fourth-order valence-corrected chi connectivity index (χ4v) is 1.48. The van der Waals surface area contributed by atoms with Crippen molar-refractivity contribution in [3.05, 3.63) is 47.6 Å². The normalized spacial score (nSPS) is 12.6. The van der Waals surface area contributed by atoms with Crippen LogP contribution in [0.3, 0.4) is 0 Å². The van der Waals surface area contributed by atoms with Gasteiger partial charge in [-0.3, -0.25) is 0 Å². The van der Waals surface area contributed by atoms with Gasteiger partial charge in [-0.1, -0.05) is 35.5 Å². The Kier molecular flexibility index (Phi) is 3.28. The molecule has 0 saturated carbocycles. The molecule has 0 saturated heterocycles. The summed E-state index contributed by atoms with van der Waals surface area (Å²) in [6.07, 6.45) is -0.315. The highest BCUT2D eigenvalue weighted by atomic mass is 16.5. The molecule has 84 valence electrons. The first-order valence-corrected chi connectivity index (χ1v) is 4.95. The van der Waals surface area contributed by atoms with Gasteiger partial charge in [0.2, 0.25) is 11.7 Å². The summed E-state index contributed by atoms with van der Waals surface area (Å²) in [4.78, 5) is 4.15. The standard InChI is InChI=1S/C11H13N3O2/c1-15-10(8-5-3-2-4-6-8)11-13-9(7-12)16-14-11/h2-6,10H,7,12H2,1H3/t10-/m1/s1. The van der Waals surface area contributed by atoms with Crippen LogP contribution >= 0.6 is 0 Å². The number of ether oxygens (including phenoxy) is 1. The fraction of sp³-hybridized carbons (Fsp3) is 0.273. The van der Waals surface area contributed by atoms with Crippen molar-refractivity contribution in [3.63, 3.8) is 0 Å². The van der Waals surface area contributed by atoms with Crippen LogP contribution in [0.5, 0.6) is 0 Å². The maximum atomic E-state index is 5.41. The number of methoxy groups -OCH3 is 1. The molecule has 0 bridgehead atoms. The van der Waals surface area contributed by atoms with Crippen LogP contribution in [0.2, 0.25) is 0 Å². The number of hydrogen-bond acceptors (Lipinski definition) is 5. The van der Waals surface area contributed by atoms with E-state index in [9.17, 15) is 0 Å². The largest absolute Gasteiger partial charge is 0.369 e. The Morgan fingerprint density at radius 3 is 2.69 bits per heavy atom. The molecule has 0 amide bonds. The minimum Gasteiger partial charge on any atom is -0.369 e. The van der Waals surface area contributed by atoms with E-state index < -0.39 is 0 Å². The van der Waals surface area contributed by atoms with Crippen LogP contribution in [0.1, 0.15) is 23.4 Å². The third-order valence-electron chi connectivity index (χ3n) is 2.23. The molecule has 0 spiro atoms. The van der Waals surface area contributed by atoms with Gasteiger partial charge in [0, 0.05) is 7.11 Å². The topological polar surface area (TPSA) is 74.2 Å². The quantitative estimate of drug-likeness (QED) is 0.838. The second-order valence-corrected chi connectivity index (χ2v) is 3.28. The zero-order valence-electron chi connectivity index (χ0n) is 8.96. The molecule has 0 radical (unpaired) electrons. The summed E-state index contributed by atoms with van der Waals surface area (Å²) >= 11 is 0. The molecule has 0 aliphatic rings. The van der Waals surface area contributed by atoms with Gasteiger partial charge in [-0.05, 0) is 5.56 Å². The molecule has 0 fully saturated rings. The number of hydrogen-bond donors (Lipinski definition) is 1. The first-order chi connectivity index (χ1) is 7.85. The van der Waals surface area contributed by atoms with Gasteiger partial charge in [-0.25, -0.2) is 0 Å². The van der Waals surface area contributed by atoms with E-state index in [2.05, 4.69) is 10.1 Å². The lowest BCUT2D eigenvalue weighted by molar-refractivity contribution is 0.126. The van der Waals surface area contributed by atoms with Gasteiger partial charge in [0.15, 0.2) is 0 Å². The zero-order chi connectivity index (χ0) is 11.4. The van der Waals surface area contributed by atoms with Gasteiger partial charge in [0.05, 0.1) is 6.54 Å². The number of nitrogens with two attached hydrogens (primary N) is 1. The molecule has 5 nitrogen and oxygen atoms in total. The smallest absolute Gasteiger partial charge is 0.240 e. The first kappa shape index (κ1) is 10.8. The van der Waals surface area contributed by atoms with E-state index in [0.29, 0.717) is 11.7 Å². The number of rotatable bonds is 4. The van der Waals surface area contributed by atoms with Gasteiger partial charge in [0.1, 0.15) is 6.10 Å². The maximum absolute atomic E-state index is 5.41. The van der Waals surface area contributed by atoms with Crippen molar-refractivity contribution in [2.75, 3.05) is 7.11 Å². The van der Waals surface area contributed by atoms with Gasteiger partial charge < -0.3 is 15.0 Å². The van der Waals surface area contributed by atoms with Crippen molar-refractivity contribution >= 4 is 0 Å². The molecule has 1 aromatic heterocycles. The lowest BCUT2D eigenvalue weighted by Crippen LogP contribution is -2.06. The minimum atomic E-state index is -0.315. The summed E-state index contributed by atoms with van der Waals surface area (Å²) in [7, 11) is 1.61. The number of aromatic nitrogens is 2. The minimum absolute atomic E-state index is 0.234. The molecular formula is C11H13N3O2.